The van der Waals surface area contributed by atoms with Crippen molar-refractivity contribution < 1.29 is 22.8 Å². The van der Waals surface area contributed by atoms with E-state index in [0.717, 1.165) is 6.07 Å². The average Bonchev–Trinajstić information content (AvgIpc) is 2.48. The molecule has 132 valence electrons. The molecule has 1 heterocycles. The molecule has 1 aliphatic heterocycles. The first-order valence-corrected chi connectivity index (χ1v) is 7.65. The van der Waals surface area contributed by atoms with Crippen LogP contribution in [0.2, 0.25) is 0 Å². The highest BCUT2D eigenvalue weighted by Crippen LogP contribution is 2.34. The Kier molecular flexibility index (Phi) is 5.05. The zero-order valence-electron chi connectivity index (χ0n) is 13.5. The third-order valence-electron chi connectivity index (χ3n) is 4.43. The van der Waals surface area contributed by atoms with E-state index in [1.165, 1.54) is 24.0 Å². The molecule has 1 fully saturated rings. The zero-order valence-corrected chi connectivity index (χ0v) is 13.5. The van der Waals surface area contributed by atoms with Gasteiger partial charge in [0.25, 0.3) is 0 Å². The molecule has 2 rings (SSSR count). The molecule has 0 bridgehead atoms. The predicted octanol–water partition coefficient (Wildman–Crippen LogP) is 3.13. The summed E-state index contributed by atoms with van der Waals surface area (Å²) in [5, 5.41) is 2.52. The molecule has 2 atom stereocenters. The van der Waals surface area contributed by atoms with Crippen LogP contribution in [-0.2, 0) is 11.0 Å². The van der Waals surface area contributed by atoms with Gasteiger partial charge in [-0.1, -0.05) is 6.07 Å². The van der Waals surface area contributed by atoms with Gasteiger partial charge in [-0.15, -0.1) is 0 Å². The Balaban J connectivity index is 2.19. The Bertz CT molecular complexity index is 646. The number of carbonyl (C=O) groups excluding carboxylic acids is 2. The van der Waals surface area contributed by atoms with Crippen molar-refractivity contribution in [3.8, 4) is 0 Å². The first kappa shape index (κ1) is 18.1. The van der Waals surface area contributed by atoms with Gasteiger partial charge in [-0.2, -0.15) is 13.2 Å². The number of likely N-dealkylation sites (tertiary alicyclic amines) is 1. The van der Waals surface area contributed by atoms with Crippen molar-refractivity contribution in [3.05, 3.63) is 29.3 Å². The van der Waals surface area contributed by atoms with Crippen LogP contribution in [0, 0.1) is 12.8 Å². The van der Waals surface area contributed by atoms with Crippen LogP contribution in [-0.4, -0.2) is 29.4 Å². The summed E-state index contributed by atoms with van der Waals surface area (Å²) in [6, 6.07) is 2.99. The van der Waals surface area contributed by atoms with Crippen LogP contribution in [0.3, 0.4) is 0 Å². The Morgan fingerprint density at radius 3 is 2.54 bits per heavy atom. The van der Waals surface area contributed by atoms with Crippen LogP contribution in [0.5, 0.6) is 0 Å². The molecule has 8 heteroatoms. The second-order valence-electron chi connectivity index (χ2n) is 6.08. The summed E-state index contributed by atoms with van der Waals surface area (Å²) < 4.78 is 38.8. The lowest BCUT2D eigenvalue weighted by Gasteiger charge is -2.36. The topological polar surface area (TPSA) is 75.4 Å². The fourth-order valence-electron chi connectivity index (χ4n) is 2.89. The van der Waals surface area contributed by atoms with Crippen molar-refractivity contribution in [2.45, 2.75) is 38.9 Å². The van der Waals surface area contributed by atoms with E-state index in [2.05, 4.69) is 5.32 Å². The zero-order chi connectivity index (χ0) is 18.1. The van der Waals surface area contributed by atoms with Crippen LogP contribution in [0.15, 0.2) is 18.2 Å². The van der Waals surface area contributed by atoms with Crippen LogP contribution in [0.25, 0.3) is 0 Å². The summed E-state index contributed by atoms with van der Waals surface area (Å²) >= 11 is 0. The van der Waals surface area contributed by atoms with Crippen LogP contribution >= 0.6 is 0 Å². The number of alkyl halides is 3. The quantitative estimate of drug-likeness (QED) is 0.866. The molecule has 1 aromatic rings. The number of primary amides is 1. The largest absolute Gasteiger partial charge is 0.416 e. The molecule has 1 aromatic carbocycles. The molecule has 0 unspecified atom stereocenters. The third-order valence-corrected chi connectivity index (χ3v) is 4.43. The van der Waals surface area contributed by atoms with E-state index in [1.807, 2.05) is 6.92 Å². The van der Waals surface area contributed by atoms with Gasteiger partial charge < -0.3 is 16.0 Å². The van der Waals surface area contributed by atoms with E-state index in [9.17, 15) is 22.8 Å². The number of rotatable bonds is 2. The molecule has 0 radical (unpaired) electrons. The molecular weight excluding hydrogens is 323 g/mol. The molecule has 3 amide bonds. The number of urea groups is 1. The SMILES string of the molecule is Cc1c(NC(=O)N2C[C@@H](C(N)=O)CC[C@@H]2C)cccc1C(F)(F)F. The maximum Gasteiger partial charge on any atom is 0.416 e. The summed E-state index contributed by atoms with van der Waals surface area (Å²) in [5.41, 5.74) is 4.56. The molecule has 24 heavy (non-hydrogen) atoms. The van der Waals surface area contributed by atoms with Gasteiger partial charge in [0.2, 0.25) is 5.91 Å². The Labute approximate surface area is 138 Å². The van der Waals surface area contributed by atoms with Crippen LogP contribution < -0.4 is 11.1 Å². The van der Waals surface area contributed by atoms with E-state index in [-0.39, 0.29) is 23.8 Å². The molecule has 5 nitrogen and oxygen atoms in total. The Morgan fingerprint density at radius 2 is 1.96 bits per heavy atom. The van der Waals surface area contributed by atoms with Crippen molar-refractivity contribution in [3.63, 3.8) is 0 Å². The summed E-state index contributed by atoms with van der Waals surface area (Å²) in [7, 11) is 0. The van der Waals surface area contributed by atoms with Gasteiger partial charge >= 0.3 is 12.2 Å². The standard InChI is InChI=1S/C16H20F3N3O2/c1-9-6-7-11(14(20)23)8-22(9)15(24)21-13-5-3-4-12(10(13)2)16(17,18)19/h3-5,9,11H,6-8H2,1-2H3,(H2,20,23)(H,21,24)/t9-,11-/m0/s1. The highest BCUT2D eigenvalue weighted by molar-refractivity contribution is 5.91. The van der Waals surface area contributed by atoms with Gasteiger partial charge in [0.15, 0.2) is 0 Å². The first-order chi connectivity index (χ1) is 11.1. The average molecular weight is 343 g/mol. The highest BCUT2D eigenvalue weighted by Gasteiger charge is 2.34. The lowest BCUT2D eigenvalue weighted by Crippen LogP contribution is -2.50. The number of halogens is 3. The van der Waals surface area contributed by atoms with Crippen molar-refractivity contribution >= 4 is 17.6 Å². The number of nitrogens with two attached hydrogens (primary N) is 1. The number of carbonyl (C=O) groups is 2. The molecule has 0 aromatic heterocycles. The van der Waals surface area contributed by atoms with Crippen molar-refractivity contribution in [1.82, 2.24) is 4.90 Å². The van der Waals surface area contributed by atoms with E-state index in [0.29, 0.717) is 12.8 Å². The maximum absolute atomic E-state index is 12.9. The van der Waals surface area contributed by atoms with Gasteiger partial charge in [-0.3, -0.25) is 4.79 Å². The van der Waals surface area contributed by atoms with E-state index < -0.39 is 29.6 Å². The fourth-order valence-corrected chi connectivity index (χ4v) is 2.89. The lowest BCUT2D eigenvalue weighted by atomic mass is 9.93. The normalized spacial score (nSPS) is 21.5. The van der Waals surface area contributed by atoms with Crippen molar-refractivity contribution in [2.75, 3.05) is 11.9 Å². The van der Waals surface area contributed by atoms with Crippen molar-refractivity contribution in [1.29, 1.82) is 0 Å². The summed E-state index contributed by atoms with van der Waals surface area (Å²) in [6.45, 7) is 3.31. The molecular formula is C16H20F3N3O2. The third kappa shape index (κ3) is 3.80. The van der Waals surface area contributed by atoms with E-state index >= 15 is 0 Å². The second-order valence-corrected chi connectivity index (χ2v) is 6.08. The number of nitrogens with zero attached hydrogens (tertiary/aromatic N) is 1. The van der Waals surface area contributed by atoms with E-state index in [1.54, 1.807) is 0 Å². The molecule has 0 saturated carbocycles. The number of amides is 3. The first-order valence-electron chi connectivity index (χ1n) is 7.65. The second kappa shape index (κ2) is 6.70. The number of benzene rings is 1. The van der Waals surface area contributed by atoms with Gasteiger partial charge in [0.05, 0.1) is 11.5 Å². The lowest BCUT2D eigenvalue weighted by molar-refractivity contribution is -0.138. The highest BCUT2D eigenvalue weighted by atomic mass is 19.4. The maximum atomic E-state index is 12.9. The molecule has 0 aliphatic carbocycles. The Hall–Kier alpha value is -2.25. The monoisotopic (exact) mass is 343 g/mol. The number of hydrogen-bond donors (Lipinski definition) is 2. The predicted molar refractivity (Wildman–Crippen MR) is 83.3 cm³/mol. The minimum Gasteiger partial charge on any atom is -0.369 e. The minimum absolute atomic E-state index is 0.0468. The number of piperidine rings is 1. The van der Waals surface area contributed by atoms with Gasteiger partial charge in [0.1, 0.15) is 0 Å². The van der Waals surface area contributed by atoms with Gasteiger partial charge in [0, 0.05) is 18.3 Å². The van der Waals surface area contributed by atoms with Crippen LogP contribution in [0.1, 0.15) is 30.9 Å². The molecule has 3 N–H and O–H groups in total. The Morgan fingerprint density at radius 1 is 1.29 bits per heavy atom. The number of anilines is 1. The molecule has 0 spiro atoms. The summed E-state index contributed by atoms with van der Waals surface area (Å²) in [4.78, 5) is 25.2. The summed E-state index contributed by atoms with van der Waals surface area (Å²) in [5.74, 6) is -0.912. The molecule has 1 aliphatic rings. The molecule has 1 saturated heterocycles. The summed E-state index contributed by atoms with van der Waals surface area (Å²) in [6.07, 6.45) is -3.27. The number of nitrogens with one attached hydrogen (secondary N) is 1. The van der Waals surface area contributed by atoms with Gasteiger partial charge in [-0.05, 0) is 44.4 Å². The minimum atomic E-state index is -4.49. The number of hydrogen-bond acceptors (Lipinski definition) is 2. The smallest absolute Gasteiger partial charge is 0.369 e. The van der Waals surface area contributed by atoms with Crippen molar-refractivity contribution in [2.24, 2.45) is 11.7 Å². The van der Waals surface area contributed by atoms with E-state index in [4.69, 9.17) is 5.73 Å². The van der Waals surface area contributed by atoms with Crippen LogP contribution in [0.4, 0.5) is 23.7 Å². The van der Waals surface area contributed by atoms with Gasteiger partial charge in [-0.25, -0.2) is 4.79 Å². The fraction of sp³-hybridized carbons (Fsp3) is 0.500.